The molecule has 0 aliphatic carbocycles. The van der Waals surface area contributed by atoms with Crippen LogP contribution < -0.4 is 5.32 Å². The zero-order valence-electron chi connectivity index (χ0n) is 17.4. The Bertz CT molecular complexity index is 1030. The second-order valence-corrected chi connectivity index (χ2v) is 8.45. The van der Waals surface area contributed by atoms with Crippen molar-refractivity contribution in [2.45, 2.75) is 31.8 Å². The van der Waals surface area contributed by atoms with Crippen LogP contribution in [0.3, 0.4) is 0 Å². The molecule has 0 bridgehead atoms. The van der Waals surface area contributed by atoms with Gasteiger partial charge in [0.25, 0.3) is 5.91 Å². The van der Waals surface area contributed by atoms with Crippen LogP contribution in [0.2, 0.25) is 5.02 Å². The number of halogens is 2. The van der Waals surface area contributed by atoms with Crippen molar-refractivity contribution in [1.82, 2.24) is 10.2 Å². The van der Waals surface area contributed by atoms with Gasteiger partial charge in [-0.25, -0.2) is 4.39 Å². The van der Waals surface area contributed by atoms with E-state index in [1.165, 1.54) is 17.7 Å². The summed E-state index contributed by atoms with van der Waals surface area (Å²) in [6, 6.07) is 22.2. The lowest BCUT2D eigenvalue weighted by atomic mass is 9.86. The van der Waals surface area contributed by atoms with E-state index in [4.69, 9.17) is 11.6 Å². The lowest BCUT2D eigenvalue weighted by Gasteiger charge is -2.33. The summed E-state index contributed by atoms with van der Waals surface area (Å²) in [6.07, 6.45) is 2.13. The Balaban J connectivity index is 1.36. The summed E-state index contributed by atoms with van der Waals surface area (Å²) in [5.41, 5.74) is 4.10. The third kappa shape index (κ3) is 5.52. The molecule has 1 saturated heterocycles. The first-order valence-electron chi connectivity index (χ1n) is 10.7. The first-order valence-corrected chi connectivity index (χ1v) is 11.1. The van der Waals surface area contributed by atoms with E-state index < -0.39 is 0 Å². The van der Waals surface area contributed by atoms with Gasteiger partial charge in [-0.1, -0.05) is 60.1 Å². The van der Waals surface area contributed by atoms with Crippen LogP contribution in [0.25, 0.3) is 0 Å². The number of piperidine rings is 1. The third-order valence-corrected chi connectivity index (χ3v) is 6.29. The predicted molar refractivity (Wildman–Crippen MR) is 123 cm³/mol. The summed E-state index contributed by atoms with van der Waals surface area (Å²) < 4.78 is 13.1. The fourth-order valence-corrected chi connectivity index (χ4v) is 4.48. The summed E-state index contributed by atoms with van der Waals surface area (Å²) in [4.78, 5) is 15.0. The maximum absolute atomic E-state index is 13.1. The molecule has 0 atom stereocenters. The Morgan fingerprint density at radius 3 is 2.39 bits per heavy atom. The maximum atomic E-state index is 13.1. The number of nitrogens with zero attached hydrogens (tertiary/aromatic N) is 1. The molecule has 0 unspecified atom stereocenters. The van der Waals surface area contributed by atoms with Crippen molar-refractivity contribution in [2.75, 3.05) is 13.1 Å². The molecule has 1 N–H and O–H groups in total. The van der Waals surface area contributed by atoms with E-state index in [9.17, 15) is 9.18 Å². The largest absolute Gasteiger partial charge is 0.348 e. The fourth-order valence-electron chi connectivity index (χ4n) is 4.26. The van der Waals surface area contributed by atoms with E-state index >= 15 is 0 Å². The van der Waals surface area contributed by atoms with Gasteiger partial charge in [0.05, 0.1) is 10.6 Å². The molecule has 1 fully saturated rings. The molecular weight excluding hydrogens is 411 g/mol. The fraction of sp³-hybridized carbons (Fsp3) is 0.269. The second kappa shape index (κ2) is 10.1. The van der Waals surface area contributed by atoms with Gasteiger partial charge < -0.3 is 5.32 Å². The lowest BCUT2D eigenvalue weighted by molar-refractivity contribution is 0.0951. The van der Waals surface area contributed by atoms with Crippen LogP contribution in [-0.4, -0.2) is 23.9 Å². The Kier molecular flexibility index (Phi) is 7.00. The SMILES string of the molecule is O=C(NCc1ccccc1C1CCN(Cc2ccc(F)cc2)CC1)c1ccccc1Cl. The first kappa shape index (κ1) is 21.5. The van der Waals surface area contributed by atoms with Crippen molar-refractivity contribution in [3.05, 3.63) is 106 Å². The molecule has 1 amide bonds. The monoisotopic (exact) mass is 436 g/mol. The summed E-state index contributed by atoms with van der Waals surface area (Å²) >= 11 is 6.15. The van der Waals surface area contributed by atoms with E-state index in [0.717, 1.165) is 43.6 Å². The number of likely N-dealkylation sites (tertiary alicyclic amines) is 1. The highest BCUT2D eigenvalue weighted by Gasteiger charge is 2.22. The summed E-state index contributed by atoms with van der Waals surface area (Å²) in [5, 5.41) is 3.48. The number of carbonyl (C=O) groups is 1. The number of rotatable bonds is 6. The average molecular weight is 437 g/mol. The summed E-state index contributed by atoms with van der Waals surface area (Å²) in [7, 11) is 0. The number of amides is 1. The zero-order valence-corrected chi connectivity index (χ0v) is 18.1. The summed E-state index contributed by atoms with van der Waals surface area (Å²) in [5.74, 6) is 0.119. The van der Waals surface area contributed by atoms with Crippen LogP contribution in [0.5, 0.6) is 0 Å². The second-order valence-electron chi connectivity index (χ2n) is 8.04. The molecule has 3 aromatic rings. The van der Waals surface area contributed by atoms with E-state index in [1.54, 1.807) is 12.1 Å². The Labute approximate surface area is 187 Å². The Morgan fingerprint density at radius 2 is 1.65 bits per heavy atom. The van der Waals surface area contributed by atoms with Gasteiger partial charge in [0.2, 0.25) is 0 Å². The molecule has 0 saturated carbocycles. The smallest absolute Gasteiger partial charge is 0.253 e. The van der Waals surface area contributed by atoms with Crippen molar-refractivity contribution >= 4 is 17.5 Å². The van der Waals surface area contributed by atoms with Gasteiger partial charge in [-0.2, -0.15) is 0 Å². The molecule has 160 valence electrons. The number of hydrogen-bond donors (Lipinski definition) is 1. The minimum atomic E-state index is -0.194. The number of hydrogen-bond acceptors (Lipinski definition) is 2. The quantitative estimate of drug-likeness (QED) is 0.530. The van der Waals surface area contributed by atoms with Gasteiger partial charge in [0.15, 0.2) is 0 Å². The minimum absolute atomic E-state index is 0.158. The highest BCUT2D eigenvalue weighted by Crippen LogP contribution is 2.31. The van der Waals surface area contributed by atoms with Gasteiger partial charge in [-0.15, -0.1) is 0 Å². The highest BCUT2D eigenvalue weighted by atomic mass is 35.5. The van der Waals surface area contributed by atoms with Crippen LogP contribution in [0.15, 0.2) is 72.8 Å². The minimum Gasteiger partial charge on any atom is -0.348 e. The molecular formula is C26H26ClFN2O. The average Bonchev–Trinajstić information content (AvgIpc) is 2.80. The van der Waals surface area contributed by atoms with Gasteiger partial charge in [0.1, 0.15) is 5.82 Å². The van der Waals surface area contributed by atoms with E-state index in [0.29, 0.717) is 23.0 Å². The van der Waals surface area contributed by atoms with Crippen LogP contribution in [0.4, 0.5) is 4.39 Å². The lowest BCUT2D eigenvalue weighted by Crippen LogP contribution is -2.33. The van der Waals surface area contributed by atoms with Crippen molar-refractivity contribution in [3.8, 4) is 0 Å². The molecule has 3 aromatic carbocycles. The first-order chi connectivity index (χ1) is 15.1. The summed E-state index contributed by atoms with van der Waals surface area (Å²) in [6.45, 7) is 3.34. The van der Waals surface area contributed by atoms with Crippen molar-refractivity contribution in [3.63, 3.8) is 0 Å². The topological polar surface area (TPSA) is 32.3 Å². The van der Waals surface area contributed by atoms with Crippen LogP contribution in [0.1, 0.15) is 45.8 Å². The van der Waals surface area contributed by atoms with Gasteiger partial charge in [0, 0.05) is 13.1 Å². The Hall–Kier alpha value is -2.69. The molecule has 1 aliphatic rings. The maximum Gasteiger partial charge on any atom is 0.253 e. The molecule has 0 spiro atoms. The van der Waals surface area contributed by atoms with E-state index in [2.05, 4.69) is 28.4 Å². The number of carbonyl (C=O) groups excluding carboxylic acids is 1. The highest BCUT2D eigenvalue weighted by molar-refractivity contribution is 6.33. The number of nitrogens with one attached hydrogen (secondary N) is 1. The van der Waals surface area contributed by atoms with Crippen LogP contribution in [0, 0.1) is 5.82 Å². The van der Waals surface area contributed by atoms with Crippen LogP contribution >= 0.6 is 11.6 Å². The Morgan fingerprint density at radius 1 is 0.968 bits per heavy atom. The molecule has 31 heavy (non-hydrogen) atoms. The number of benzene rings is 3. The van der Waals surface area contributed by atoms with Crippen molar-refractivity contribution in [2.24, 2.45) is 0 Å². The standard InChI is InChI=1S/C26H26ClFN2O/c27-25-8-4-3-7-24(25)26(31)29-17-21-5-1-2-6-23(21)20-13-15-30(16-14-20)18-19-9-11-22(28)12-10-19/h1-12,20H,13-18H2,(H,29,31). The third-order valence-electron chi connectivity index (χ3n) is 5.96. The van der Waals surface area contributed by atoms with E-state index in [-0.39, 0.29) is 11.7 Å². The molecule has 3 nitrogen and oxygen atoms in total. The molecule has 1 heterocycles. The zero-order chi connectivity index (χ0) is 21.6. The molecule has 0 radical (unpaired) electrons. The molecule has 5 heteroatoms. The molecule has 0 aromatic heterocycles. The van der Waals surface area contributed by atoms with Crippen molar-refractivity contribution < 1.29 is 9.18 Å². The van der Waals surface area contributed by atoms with Gasteiger partial charge in [-0.3, -0.25) is 9.69 Å². The van der Waals surface area contributed by atoms with Crippen molar-refractivity contribution in [1.29, 1.82) is 0 Å². The molecule has 1 aliphatic heterocycles. The van der Waals surface area contributed by atoms with Gasteiger partial charge in [-0.05, 0) is 72.8 Å². The van der Waals surface area contributed by atoms with Gasteiger partial charge >= 0.3 is 0 Å². The predicted octanol–water partition coefficient (Wildman–Crippen LogP) is 5.79. The van der Waals surface area contributed by atoms with E-state index in [1.807, 2.05) is 30.3 Å². The molecule has 4 rings (SSSR count). The normalized spacial score (nSPS) is 15.0. The van der Waals surface area contributed by atoms with Crippen LogP contribution in [-0.2, 0) is 13.1 Å².